The Bertz CT molecular complexity index is 1540. The molecular formula is C24H16N2OS. The quantitative estimate of drug-likeness (QED) is 0.309. The summed E-state index contributed by atoms with van der Waals surface area (Å²) in [5.41, 5.74) is 17.9. The molecule has 0 radical (unpaired) electrons. The fraction of sp³-hybridized carbons (Fsp3) is 0. The molecule has 4 aromatic carbocycles. The molecule has 134 valence electrons. The average molecular weight is 380 g/mol. The van der Waals surface area contributed by atoms with Crippen molar-refractivity contribution < 1.29 is 4.42 Å². The molecule has 0 spiro atoms. The normalized spacial score (nSPS) is 11.9. The molecule has 0 aliphatic carbocycles. The molecule has 0 aliphatic heterocycles. The highest BCUT2D eigenvalue weighted by molar-refractivity contribution is 7.26. The van der Waals surface area contributed by atoms with Crippen molar-refractivity contribution in [1.29, 1.82) is 0 Å². The molecule has 0 amide bonds. The average Bonchev–Trinajstić information content (AvgIpc) is 3.26. The number of rotatable bonds is 1. The van der Waals surface area contributed by atoms with Crippen LogP contribution in [-0.4, -0.2) is 0 Å². The lowest BCUT2D eigenvalue weighted by Gasteiger charge is -2.05. The van der Waals surface area contributed by atoms with Crippen molar-refractivity contribution in [2.75, 3.05) is 11.5 Å². The first-order chi connectivity index (χ1) is 13.7. The molecule has 28 heavy (non-hydrogen) atoms. The fourth-order valence-corrected chi connectivity index (χ4v) is 5.16. The first-order valence-corrected chi connectivity index (χ1v) is 9.92. The van der Waals surface area contributed by atoms with Crippen LogP contribution in [0.15, 0.2) is 77.2 Å². The van der Waals surface area contributed by atoms with Crippen molar-refractivity contribution in [3.63, 3.8) is 0 Å². The lowest BCUT2D eigenvalue weighted by atomic mass is 10.0. The summed E-state index contributed by atoms with van der Waals surface area (Å²) < 4.78 is 8.45. The Morgan fingerprint density at radius 2 is 1.54 bits per heavy atom. The Morgan fingerprint density at radius 3 is 2.46 bits per heavy atom. The summed E-state index contributed by atoms with van der Waals surface area (Å²) in [5, 5.41) is 4.45. The number of fused-ring (bicyclic) bond motifs is 6. The predicted octanol–water partition coefficient (Wildman–Crippen LogP) is 6.79. The highest BCUT2D eigenvalue weighted by Crippen LogP contribution is 2.41. The number of nitrogen functional groups attached to an aromatic ring is 2. The van der Waals surface area contributed by atoms with Crippen molar-refractivity contribution in [3.05, 3.63) is 72.8 Å². The Labute approximate surface area is 164 Å². The highest BCUT2D eigenvalue weighted by Gasteiger charge is 2.13. The SMILES string of the molecule is Nc1cc(-c2ccc3c(c2)oc2cccc(N)c23)cc2c1sc1ccccc12. The zero-order valence-corrected chi connectivity index (χ0v) is 15.7. The number of nitrogens with two attached hydrogens (primary N) is 2. The smallest absolute Gasteiger partial charge is 0.137 e. The molecule has 3 nitrogen and oxygen atoms in total. The van der Waals surface area contributed by atoms with Gasteiger partial charge >= 0.3 is 0 Å². The van der Waals surface area contributed by atoms with Gasteiger partial charge in [0.2, 0.25) is 0 Å². The second-order valence-corrected chi connectivity index (χ2v) is 8.13. The second-order valence-electron chi connectivity index (χ2n) is 7.07. The van der Waals surface area contributed by atoms with Crippen LogP contribution in [0, 0.1) is 0 Å². The van der Waals surface area contributed by atoms with Crippen molar-refractivity contribution >= 4 is 64.8 Å². The Hall–Kier alpha value is -3.50. The minimum absolute atomic E-state index is 0.736. The third-order valence-corrected chi connectivity index (χ3v) is 6.61. The maximum Gasteiger partial charge on any atom is 0.137 e. The van der Waals surface area contributed by atoms with Crippen molar-refractivity contribution in [1.82, 2.24) is 0 Å². The third-order valence-electron chi connectivity index (χ3n) is 5.37. The van der Waals surface area contributed by atoms with Gasteiger partial charge in [0, 0.05) is 26.5 Å². The van der Waals surface area contributed by atoms with Crippen LogP contribution in [0.25, 0.3) is 53.2 Å². The maximum absolute atomic E-state index is 6.42. The van der Waals surface area contributed by atoms with Crippen LogP contribution < -0.4 is 11.5 Å². The molecular weight excluding hydrogens is 364 g/mol. The summed E-state index contributed by atoms with van der Waals surface area (Å²) in [4.78, 5) is 0. The number of benzene rings is 4. The number of thiophene rings is 1. The molecule has 0 bridgehead atoms. The van der Waals surface area contributed by atoms with Gasteiger partial charge in [-0.3, -0.25) is 0 Å². The summed E-state index contributed by atoms with van der Waals surface area (Å²) in [6.45, 7) is 0. The molecule has 4 N–H and O–H groups in total. The molecule has 6 rings (SSSR count). The van der Waals surface area contributed by atoms with E-state index in [0.717, 1.165) is 49.1 Å². The van der Waals surface area contributed by atoms with Crippen LogP contribution in [0.2, 0.25) is 0 Å². The summed E-state index contributed by atoms with van der Waals surface area (Å²) in [6, 6.07) is 24.7. The standard InChI is InChI=1S/C24H16N2OS/c25-18-5-3-6-20-23(18)16-9-8-13(12-21(16)27-20)14-10-17-15-4-1-2-7-22(15)28-24(17)19(26)11-14/h1-12H,25-26H2. The molecule has 4 heteroatoms. The Kier molecular flexibility index (Phi) is 3.06. The first kappa shape index (κ1) is 15.5. The highest BCUT2D eigenvalue weighted by atomic mass is 32.1. The summed E-state index contributed by atoms with van der Waals surface area (Å²) >= 11 is 1.74. The monoisotopic (exact) mass is 380 g/mol. The molecule has 0 aliphatic rings. The van der Waals surface area contributed by atoms with Gasteiger partial charge in [-0.25, -0.2) is 0 Å². The lowest BCUT2D eigenvalue weighted by Crippen LogP contribution is -1.87. The molecule has 0 unspecified atom stereocenters. The zero-order valence-electron chi connectivity index (χ0n) is 14.9. The molecule has 0 fully saturated rings. The van der Waals surface area contributed by atoms with E-state index in [9.17, 15) is 0 Å². The fourth-order valence-electron chi connectivity index (χ4n) is 4.05. The van der Waals surface area contributed by atoms with E-state index in [1.165, 1.54) is 15.5 Å². The van der Waals surface area contributed by atoms with Crippen LogP contribution in [0.4, 0.5) is 11.4 Å². The van der Waals surface area contributed by atoms with Crippen molar-refractivity contribution in [3.8, 4) is 11.1 Å². The van der Waals surface area contributed by atoms with E-state index in [1.807, 2.05) is 18.2 Å². The minimum Gasteiger partial charge on any atom is -0.456 e. The first-order valence-electron chi connectivity index (χ1n) is 9.11. The van der Waals surface area contributed by atoms with Crippen molar-refractivity contribution in [2.45, 2.75) is 0 Å². The lowest BCUT2D eigenvalue weighted by molar-refractivity contribution is 0.669. The van der Waals surface area contributed by atoms with Gasteiger partial charge in [0.15, 0.2) is 0 Å². The predicted molar refractivity (Wildman–Crippen MR) is 121 cm³/mol. The van der Waals surface area contributed by atoms with E-state index in [1.54, 1.807) is 11.3 Å². The van der Waals surface area contributed by atoms with Crippen LogP contribution in [0.3, 0.4) is 0 Å². The van der Waals surface area contributed by atoms with E-state index in [-0.39, 0.29) is 0 Å². The van der Waals surface area contributed by atoms with Crippen LogP contribution in [0.5, 0.6) is 0 Å². The van der Waals surface area contributed by atoms with E-state index in [0.29, 0.717) is 0 Å². The number of hydrogen-bond acceptors (Lipinski definition) is 4. The second kappa shape index (κ2) is 5.50. The van der Waals surface area contributed by atoms with Gasteiger partial charge in [-0.05, 0) is 53.6 Å². The van der Waals surface area contributed by atoms with Gasteiger partial charge in [-0.1, -0.05) is 30.3 Å². The molecule has 6 aromatic rings. The Balaban J connectivity index is 1.62. The van der Waals surface area contributed by atoms with Crippen LogP contribution >= 0.6 is 11.3 Å². The third kappa shape index (κ3) is 2.09. The number of anilines is 2. The maximum atomic E-state index is 6.42. The van der Waals surface area contributed by atoms with E-state index < -0.39 is 0 Å². The van der Waals surface area contributed by atoms with Gasteiger partial charge in [0.25, 0.3) is 0 Å². The Morgan fingerprint density at radius 1 is 0.643 bits per heavy atom. The molecule has 2 heterocycles. The summed E-state index contributed by atoms with van der Waals surface area (Å²) in [5.74, 6) is 0. The molecule has 0 saturated carbocycles. The van der Waals surface area contributed by atoms with Crippen LogP contribution in [0.1, 0.15) is 0 Å². The van der Waals surface area contributed by atoms with E-state index >= 15 is 0 Å². The van der Waals surface area contributed by atoms with E-state index in [2.05, 4.69) is 54.6 Å². The molecule has 0 saturated heterocycles. The molecule has 2 aromatic heterocycles. The summed E-state index contributed by atoms with van der Waals surface area (Å²) in [6.07, 6.45) is 0. The largest absolute Gasteiger partial charge is 0.456 e. The van der Waals surface area contributed by atoms with Crippen LogP contribution in [-0.2, 0) is 0 Å². The number of hydrogen-bond donors (Lipinski definition) is 2. The van der Waals surface area contributed by atoms with Crippen molar-refractivity contribution in [2.24, 2.45) is 0 Å². The topological polar surface area (TPSA) is 65.2 Å². The van der Waals surface area contributed by atoms with Gasteiger partial charge in [0.1, 0.15) is 11.2 Å². The summed E-state index contributed by atoms with van der Waals surface area (Å²) in [7, 11) is 0. The van der Waals surface area contributed by atoms with Gasteiger partial charge in [-0.2, -0.15) is 0 Å². The van der Waals surface area contributed by atoms with Gasteiger partial charge < -0.3 is 15.9 Å². The molecule has 0 atom stereocenters. The minimum atomic E-state index is 0.736. The number of furan rings is 1. The zero-order chi connectivity index (χ0) is 18.8. The van der Waals surface area contributed by atoms with E-state index in [4.69, 9.17) is 15.9 Å². The van der Waals surface area contributed by atoms with Gasteiger partial charge in [-0.15, -0.1) is 11.3 Å². The van der Waals surface area contributed by atoms with Gasteiger partial charge in [0.05, 0.1) is 15.8 Å².